The summed E-state index contributed by atoms with van der Waals surface area (Å²) in [4.78, 5) is 26.1. The van der Waals surface area contributed by atoms with E-state index >= 15 is 0 Å². The van der Waals surface area contributed by atoms with Crippen molar-refractivity contribution >= 4 is 11.9 Å². The lowest BCUT2D eigenvalue weighted by Gasteiger charge is -2.23. The minimum Gasteiger partial charge on any atom is -0.458 e. The normalized spacial score (nSPS) is 13.9. The van der Waals surface area contributed by atoms with E-state index in [-0.39, 0.29) is 24.9 Å². The molecule has 0 rings (SSSR count). The molecule has 362 valence electrons. The van der Waals surface area contributed by atoms with Crippen molar-refractivity contribution in [3.8, 4) is 0 Å². The van der Waals surface area contributed by atoms with Gasteiger partial charge in [-0.2, -0.15) is 0 Å². The van der Waals surface area contributed by atoms with Crippen LogP contribution in [0.5, 0.6) is 0 Å². The monoisotopic (exact) mass is 878 g/mol. The van der Waals surface area contributed by atoms with Crippen molar-refractivity contribution in [2.45, 2.75) is 257 Å². The number of aliphatic hydroxyl groups is 2. The number of aliphatic hydroxyl groups excluding tert-OH is 2. The molecule has 0 aliphatic heterocycles. The Morgan fingerprint density at radius 2 is 0.937 bits per heavy atom. The molecule has 0 aliphatic rings. The molecule has 3 unspecified atom stereocenters. The van der Waals surface area contributed by atoms with Crippen LogP contribution in [0.3, 0.4) is 0 Å². The molecule has 0 radical (unpaired) electrons. The maximum absolute atomic E-state index is 13.2. The second-order valence-electron chi connectivity index (χ2n) is 17.7. The molecule has 0 saturated carbocycles. The molecular formula is C57H99NO5. The molecule has 0 spiro atoms. The third-order valence-electron chi connectivity index (χ3n) is 11.6. The molecule has 6 nitrogen and oxygen atoms in total. The Bertz CT molecular complexity index is 1210. The number of allylic oxidation sites excluding steroid dienone is 13. The van der Waals surface area contributed by atoms with Crippen LogP contribution in [0.15, 0.2) is 85.1 Å². The Kier molecular flexibility index (Phi) is 47.7. The number of esters is 1. The van der Waals surface area contributed by atoms with Crippen LogP contribution < -0.4 is 5.32 Å². The van der Waals surface area contributed by atoms with Gasteiger partial charge < -0.3 is 20.3 Å². The highest BCUT2D eigenvalue weighted by molar-refractivity contribution is 5.78. The van der Waals surface area contributed by atoms with Crippen molar-refractivity contribution in [3.63, 3.8) is 0 Å². The van der Waals surface area contributed by atoms with Crippen molar-refractivity contribution in [3.05, 3.63) is 85.1 Å². The van der Waals surface area contributed by atoms with Gasteiger partial charge in [0.25, 0.3) is 0 Å². The van der Waals surface area contributed by atoms with Gasteiger partial charge in [0.1, 0.15) is 6.10 Å². The van der Waals surface area contributed by atoms with Gasteiger partial charge in [-0.05, 0) is 57.4 Å². The molecule has 6 heteroatoms. The zero-order valence-electron chi connectivity index (χ0n) is 41.2. The molecule has 0 bridgehead atoms. The SMILES string of the molecule is CCC/C=C/C=C/C=C/C=C/C=C/CCCCCCCC(=O)OC(/C=C/C/C=C\CCCCCCCC)CC(=O)NC(CO)C(O)CCCCCCCCCCCCCCCCC. The summed E-state index contributed by atoms with van der Waals surface area (Å²) in [5, 5.41) is 23.7. The molecule has 0 saturated heterocycles. The highest BCUT2D eigenvalue weighted by Crippen LogP contribution is 2.16. The number of rotatable bonds is 46. The summed E-state index contributed by atoms with van der Waals surface area (Å²) in [5.41, 5.74) is 0. The minimum absolute atomic E-state index is 0.0430. The molecule has 1 amide bonds. The highest BCUT2D eigenvalue weighted by Gasteiger charge is 2.23. The highest BCUT2D eigenvalue weighted by atomic mass is 16.5. The number of amides is 1. The molecule has 3 atom stereocenters. The predicted molar refractivity (Wildman–Crippen MR) is 273 cm³/mol. The number of hydrogen-bond donors (Lipinski definition) is 3. The smallest absolute Gasteiger partial charge is 0.306 e. The Morgan fingerprint density at radius 3 is 1.44 bits per heavy atom. The zero-order chi connectivity index (χ0) is 45.9. The molecule has 0 heterocycles. The fraction of sp³-hybridized carbons (Fsp3) is 0.719. The van der Waals surface area contributed by atoms with Gasteiger partial charge in [0.2, 0.25) is 5.91 Å². The lowest BCUT2D eigenvalue weighted by molar-refractivity contribution is -0.148. The molecule has 63 heavy (non-hydrogen) atoms. The van der Waals surface area contributed by atoms with Gasteiger partial charge in [-0.3, -0.25) is 9.59 Å². The van der Waals surface area contributed by atoms with Crippen molar-refractivity contribution in [2.75, 3.05) is 6.61 Å². The lowest BCUT2D eigenvalue weighted by Crippen LogP contribution is -2.46. The first-order chi connectivity index (χ1) is 31.0. The number of hydrogen-bond acceptors (Lipinski definition) is 5. The van der Waals surface area contributed by atoms with Crippen molar-refractivity contribution in [2.24, 2.45) is 0 Å². The van der Waals surface area contributed by atoms with Gasteiger partial charge in [-0.15, -0.1) is 0 Å². The van der Waals surface area contributed by atoms with E-state index in [1.165, 1.54) is 122 Å². The second-order valence-corrected chi connectivity index (χ2v) is 17.7. The summed E-state index contributed by atoms with van der Waals surface area (Å²) in [6.07, 6.45) is 65.2. The van der Waals surface area contributed by atoms with Crippen LogP contribution in [0.25, 0.3) is 0 Å². The minimum atomic E-state index is -0.819. The fourth-order valence-electron chi connectivity index (χ4n) is 7.54. The average Bonchev–Trinajstić information content (AvgIpc) is 3.28. The van der Waals surface area contributed by atoms with Crippen LogP contribution in [0.4, 0.5) is 0 Å². The van der Waals surface area contributed by atoms with Gasteiger partial charge in [0.05, 0.1) is 25.2 Å². The lowest BCUT2D eigenvalue weighted by atomic mass is 10.0. The summed E-state index contributed by atoms with van der Waals surface area (Å²) in [6, 6.07) is -0.742. The van der Waals surface area contributed by atoms with Crippen molar-refractivity contribution in [1.29, 1.82) is 0 Å². The molecule has 0 aromatic heterocycles. The maximum Gasteiger partial charge on any atom is 0.306 e. The molecule has 0 aliphatic carbocycles. The summed E-state index contributed by atoms with van der Waals surface area (Å²) in [5.74, 6) is -0.634. The number of unbranched alkanes of at least 4 members (excludes halogenated alkanes) is 26. The van der Waals surface area contributed by atoms with E-state index in [9.17, 15) is 19.8 Å². The molecule has 0 aromatic carbocycles. The Balaban J connectivity index is 4.64. The van der Waals surface area contributed by atoms with E-state index in [4.69, 9.17) is 4.74 Å². The van der Waals surface area contributed by atoms with Crippen molar-refractivity contribution < 1.29 is 24.5 Å². The van der Waals surface area contributed by atoms with Crippen LogP contribution >= 0.6 is 0 Å². The van der Waals surface area contributed by atoms with E-state index < -0.39 is 18.2 Å². The number of carbonyl (C=O) groups excluding carboxylic acids is 2. The maximum atomic E-state index is 13.2. The Hall–Kier alpha value is -2.96. The van der Waals surface area contributed by atoms with E-state index in [1.807, 2.05) is 36.5 Å². The van der Waals surface area contributed by atoms with Gasteiger partial charge in [0.15, 0.2) is 0 Å². The van der Waals surface area contributed by atoms with E-state index in [0.29, 0.717) is 19.3 Å². The van der Waals surface area contributed by atoms with Crippen LogP contribution in [0, 0.1) is 0 Å². The Labute approximate surface area is 389 Å². The standard InChI is InChI=1S/C57H99NO5/c1-4-7-10-13-16-19-22-24-26-27-28-30-32-35-38-41-44-47-50-57(62)63-53(48-45-42-39-36-33-21-18-15-12-9-6-3)51-56(61)58-54(52-59)55(60)49-46-43-40-37-34-31-29-25-23-20-17-14-11-8-5-2/h10,13,16,19,22,24,26-28,30,36,39,45,48,53-55,59-60H,4-9,11-12,14-15,17-18,20-21,23,25,29,31-35,37-38,40-44,46-47,49-52H2,1-3H3,(H,58,61)/b13-10+,19-16+,24-22+,27-26+,30-28+,39-36-,48-45+. The molecular weight excluding hydrogens is 779 g/mol. The van der Waals surface area contributed by atoms with E-state index in [1.54, 1.807) is 0 Å². The van der Waals surface area contributed by atoms with Gasteiger partial charge in [0, 0.05) is 6.42 Å². The summed E-state index contributed by atoms with van der Waals surface area (Å²) < 4.78 is 5.82. The predicted octanol–water partition coefficient (Wildman–Crippen LogP) is 16.0. The van der Waals surface area contributed by atoms with Crippen molar-refractivity contribution in [1.82, 2.24) is 5.32 Å². The van der Waals surface area contributed by atoms with Gasteiger partial charge in [-0.25, -0.2) is 0 Å². The van der Waals surface area contributed by atoms with Crippen LogP contribution in [0.1, 0.15) is 239 Å². The fourth-order valence-corrected chi connectivity index (χ4v) is 7.54. The summed E-state index contributed by atoms with van der Waals surface area (Å²) in [6.45, 7) is 6.35. The second kappa shape index (κ2) is 50.0. The van der Waals surface area contributed by atoms with E-state index in [0.717, 1.165) is 70.6 Å². The summed E-state index contributed by atoms with van der Waals surface area (Å²) in [7, 11) is 0. The van der Waals surface area contributed by atoms with Crippen LogP contribution in [0.2, 0.25) is 0 Å². The van der Waals surface area contributed by atoms with Crippen LogP contribution in [-0.2, 0) is 14.3 Å². The molecule has 3 N–H and O–H groups in total. The summed E-state index contributed by atoms with van der Waals surface area (Å²) >= 11 is 0. The zero-order valence-corrected chi connectivity index (χ0v) is 41.2. The first-order valence-corrected chi connectivity index (χ1v) is 26.4. The van der Waals surface area contributed by atoms with Gasteiger partial charge >= 0.3 is 5.97 Å². The number of ether oxygens (including phenoxy) is 1. The molecule has 0 aromatic rings. The number of carbonyl (C=O) groups is 2. The molecule has 0 fully saturated rings. The van der Waals surface area contributed by atoms with E-state index in [2.05, 4.69) is 74.7 Å². The third-order valence-corrected chi connectivity index (χ3v) is 11.6. The third kappa shape index (κ3) is 45.4. The Morgan fingerprint density at radius 1 is 0.492 bits per heavy atom. The average molecular weight is 878 g/mol. The largest absolute Gasteiger partial charge is 0.458 e. The quantitative estimate of drug-likeness (QED) is 0.0245. The first-order valence-electron chi connectivity index (χ1n) is 26.4. The van der Waals surface area contributed by atoms with Gasteiger partial charge in [-0.1, -0.05) is 254 Å². The topological polar surface area (TPSA) is 95.9 Å². The first kappa shape index (κ1) is 60.0. The van der Waals surface area contributed by atoms with Crippen LogP contribution in [-0.4, -0.2) is 46.9 Å². The number of nitrogens with one attached hydrogen (secondary N) is 1.